The molecule has 7 nitrogen and oxygen atoms in total. The topological polar surface area (TPSA) is 95.7 Å². The van der Waals surface area contributed by atoms with Gasteiger partial charge in [-0.15, -0.1) is 11.3 Å². The predicted molar refractivity (Wildman–Crippen MR) is 130 cm³/mol. The summed E-state index contributed by atoms with van der Waals surface area (Å²) >= 11 is 1.36. The maximum atomic E-state index is 13.0. The second kappa shape index (κ2) is 10.2. The first-order chi connectivity index (χ1) is 15.9. The number of fused-ring (bicyclic) bond motifs is 1. The third-order valence-corrected chi connectivity index (χ3v) is 7.59. The number of hydrogen-bond donors (Lipinski definition) is 2. The van der Waals surface area contributed by atoms with Crippen molar-refractivity contribution in [2.24, 2.45) is 0 Å². The molecule has 3 heterocycles. The van der Waals surface area contributed by atoms with Gasteiger partial charge in [-0.1, -0.05) is 37.3 Å². The molecule has 0 unspecified atom stereocenters. The van der Waals surface area contributed by atoms with Crippen LogP contribution in [0.5, 0.6) is 0 Å². The number of rotatable bonds is 8. The molecule has 1 fully saturated rings. The molecule has 0 saturated carbocycles. The number of amides is 1. The molecule has 2 N–H and O–H groups in total. The molecule has 1 aliphatic rings. The normalized spacial score (nSPS) is 16.8. The second-order valence-corrected chi connectivity index (χ2v) is 9.94. The van der Waals surface area contributed by atoms with Gasteiger partial charge in [-0.25, -0.2) is 4.98 Å². The van der Waals surface area contributed by atoms with E-state index in [1.165, 1.54) is 22.2 Å². The van der Waals surface area contributed by atoms with E-state index in [4.69, 9.17) is 5.11 Å². The minimum absolute atomic E-state index is 0.0997. The summed E-state index contributed by atoms with van der Waals surface area (Å²) in [5.74, 6) is 0.242. The van der Waals surface area contributed by atoms with Crippen LogP contribution in [0.1, 0.15) is 49.7 Å². The zero-order valence-corrected chi connectivity index (χ0v) is 19.8. The minimum Gasteiger partial charge on any atom is -0.396 e. The van der Waals surface area contributed by atoms with Crippen molar-refractivity contribution in [3.05, 3.63) is 63.5 Å². The van der Waals surface area contributed by atoms with Crippen LogP contribution in [-0.2, 0) is 17.8 Å². The van der Waals surface area contributed by atoms with Crippen molar-refractivity contribution in [2.75, 3.05) is 19.7 Å². The van der Waals surface area contributed by atoms with Crippen LogP contribution in [0.4, 0.5) is 0 Å². The fourth-order valence-corrected chi connectivity index (χ4v) is 5.49. The summed E-state index contributed by atoms with van der Waals surface area (Å²) in [6.07, 6.45) is 4.12. The molecule has 4 rings (SSSR count). The fourth-order valence-electron chi connectivity index (χ4n) is 4.49. The number of hydrogen-bond acceptors (Lipinski definition) is 6. The zero-order valence-electron chi connectivity index (χ0n) is 18.9. The van der Waals surface area contributed by atoms with E-state index in [1.54, 1.807) is 0 Å². The lowest BCUT2D eigenvalue weighted by molar-refractivity contribution is -0.136. The maximum absolute atomic E-state index is 13.0. The van der Waals surface area contributed by atoms with Gasteiger partial charge in [0.05, 0.1) is 24.0 Å². The van der Waals surface area contributed by atoms with E-state index in [-0.39, 0.29) is 30.5 Å². The Morgan fingerprint density at radius 2 is 1.97 bits per heavy atom. The lowest BCUT2D eigenvalue weighted by atomic mass is 9.90. The summed E-state index contributed by atoms with van der Waals surface area (Å²) in [6.45, 7) is 3.28. The van der Waals surface area contributed by atoms with Crippen molar-refractivity contribution in [1.82, 2.24) is 14.5 Å². The van der Waals surface area contributed by atoms with E-state index in [0.29, 0.717) is 55.4 Å². The van der Waals surface area contributed by atoms with Crippen LogP contribution in [0.2, 0.25) is 0 Å². The van der Waals surface area contributed by atoms with E-state index in [2.05, 4.69) is 11.9 Å². The Hall–Kier alpha value is -2.55. The lowest BCUT2D eigenvalue weighted by Crippen LogP contribution is -2.49. The largest absolute Gasteiger partial charge is 0.396 e. The molecular formula is C25H31N3O4S. The van der Waals surface area contributed by atoms with Gasteiger partial charge in [-0.2, -0.15) is 0 Å². The molecule has 1 aromatic carbocycles. The predicted octanol–water partition coefficient (Wildman–Crippen LogP) is 2.93. The van der Waals surface area contributed by atoms with Crippen molar-refractivity contribution in [2.45, 2.75) is 57.1 Å². The highest BCUT2D eigenvalue weighted by Gasteiger charge is 2.35. The molecule has 8 heteroatoms. The number of aryl methyl sites for hydroxylation is 1. The smallest absolute Gasteiger partial charge is 0.271 e. The lowest BCUT2D eigenvalue weighted by Gasteiger charge is -2.38. The van der Waals surface area contributed by atoms with Crippen LogP contribution in [-0.4, -0.2) is 55.9 Å². The van der Waals surface area contributed by atoms with Crippen molar-refractivity contribution in [3.63, 3.8) is 0 Å². The number of aliphatic hydroxyl groups is 2. The molecule has 1 saturated heterocycles. The van der Waals surface area contributed by atoms with E-state index < -0.39 is 5.60 Å². The Labute approximate surface area is 197 Å². The Morgan fingerprint density at radius 3 is 2.67 bits per heavy atom. The molecule has 0 radical (unpaired) electrons. The van der Waals surface area contributed by atoms with Crippen LogP contribution in [0, 0.1) is 0 Å². The van der Waals surface area contributed by atoms with Crippen LogP contribution < -0.4 is 5.56 Å². The summed E-state index contributed by atoms with van der Waals surface area (Å²) in [6, 6.07) is 10.0. The van der Waals surface area contributed by atoms with E-state index >= 15 is 0 Å². The van der Waals surface area contributed by atoms with Crippen molar-refractivity contribution in [3.8, 4) is 0 Å². The molecule has 1 amide bonds. The molecule has 0 aliphatic carbocycles. The average molecular weight is 470 g/mol. The highest BCUT2D eigenvalue weighted by molar-refractivity contribution is 7.17. The van der Waals surface area contributed by atoms with Crippen LogP contribution in [0.25, 0.3) is 10.2 Å². The molecular weight excluding hydrogens is 438 g/mol. The molecule has 176 valence electrons. The summed E-state index contributed by atoms with van der Waals surface area (Å²) in [5, 5.41) is 22.1. The number of thiophene rings is 1. The highest BCUT2D eigenvalue weighted by atomic mass is 32.1. The first-order valence-electron chi connectivity index (χ1n) is 11.5. The van der Waals surface area contributed by atoms with E-state index in [9.17, 15) is 14.7 Å². The number of aliphatic hydroxyl groups excluding tert-OH is 1. The molecule has 0 bridgehead atoms. The Bertz CT molecular complexity index is 1150. The summed E-state index contributed by atoms with van der Waals surface area (Å²) in [5.41, 5.74) is 1.62. The zero-order chi connectivity index (χ0) is 23.4. The van der Waals surface area contributed by atoms with Crippen LogP contribution in [0.3, 0.4) is 0 Å². The number of aromatic nitrogens is 2. The summed E-state index contributed by atoms with van der Waals surface area (Å²) in [7, 11) is 0. The van der Waals surface area contributed by atoms with Crippen molar-refractivity contribution < 1.29 is 15.0 Å². The van der Waals surface area contributed by atoms with E-state index in [1.807, 2.05) is 40.6 Å². The van der Waals surface area contributed by atoms with Gasteiger partial charge in [-0.05, 0) is 48.1 Å². The molecule has 1 aliphatic heterocycles. The monoisotopic (exact) mass is 469 g/mol. The molecule has 0 spiro atoms. The number of piperidine rings is 1. The van der Waals surface area contributed by atoms with Gasteiger partial charge in [-0.3, -0.25) is 14.2 Å². The molecule has 33 heavy (non-hydrogen) atoms. The summed E-state index contributed by atoms with van der Waals surface area (Å²) in [4.78, 5) is 32.1. The van der Waals surface area contributed by atoms with Gasteiger partial charge < -0.3 is 15.1 Å². The first kappa shape index (κ1) is 23.6. The third kappa shape index (κ3) is 5.34. The minimum atomic E-state index is -1.04. The van der Waals surface area contributed by atoms with Gasteiger partial charge in [0.1, 0.15) is 4.70 Å². The van der Waals surface area contributed by atoms with Gasteiger partial charge in [0.25, 0.3) is 5.56 Å². The molecule has 2 aromatic heterocycles. The van der Waals surface area contributed by atoms with Crippen molar-refractivity contribution >= 4 is 27.5 Å². The average Bonchev–Trinajstić information content (AvgIpc) is 3.24. The standard InChI is InChI=1S/C25H31N3O4S/c1-18(19-6-3-2-4-7-19)14-21(30)27-11-9-25(32,10-12-27)16-28-17-26-22-20(8-5-13-29)15-33-23(22)24(28)31/h2-4,6-7,15,17-18,29,32H,5,8-14,16H2,1H3/t18-/m1/s1. The first-order valence-corrected chi connectivity index (χ1v) is 12.4. The third-order valence-electron chi connectivity index (χ3n) is 6.58. The van der Waals surface area contributed by atoms with Gasteiger partial charge in [0.2, 0.25) is 5.91 Å². The van der Waals surface area contributed by atoms with Crippen LogP contribution in [0.15, 0.2) is 46.8 Å². The van der Waals surface area contributed by atoms with Gasteiger partial charge >= 0.3 is 0 Å². The number of carbonyl (C=O) groups excluding carboxylic acids is 1. The van der Waals surface area contributed by atoms with Gasteiger partial charge in [0.15, 0.2) is 0 Å². The Morgan fingerprint density at radius 1 is 1.24 bits per heavy atom. The molecule has 3 aromatic rings. The SMILES string of the molecule is C[C@H](CC(=O)N1CCC(O)(Cn2cnc3c(CCCO)csc3c2=O)CC1)c1ccccc1. The quantitative estimate of drug-likeness (QED) is 0.529. The number of nitrogens with zero attached hydrogens (tertiary/aromatic N) is 3. The molecule has 1 atom stereocenters. The van der Waals surface area contributed by atoms with Gasteiger partial charge in [0, 0.05) is 26.1 Å². The maximum Gasteiger partial charge on any atom is 0.271 e. The highest BCUT2D eigenvalue weighted by Crippen LogP contribution is 2.27. The Kier molecular flexibility index (Phi) is 7.26. The Balaban J connectivity index is 1.37. The summed E-state index contributed by atoms with van der Waals surface area (Å²) < 4.78 is 2.07. The van der Waals surface area contributed by atoms with E-state index in [0.717, 1.165) is 11.1 Å². The fraction of sp³-hybridized carbons (Fsp3) is 0.480. The number of likely N-dealkylation sites (tertiary alicyclic amines) is 1. The second-order valence-electron chi connectivity index (χ2n) is 9.06. The van der Waals surface area contributed by atoms with Crippen molar-refractivity contribution in [1.29, 1.82) is 0 Å². The number of carbonyl (C=O) groups is 1. The van der Waals surface area contributed by atoms with Crippen LogP contribution >= 0.6 is 11.3 Å². The number of benzene rings is 1.